The van der Waals surface area contributed by atoms with Gasteiger partial charge in [0.1, 0.15) is 11.9 Å². The highest BCUT2D eigenvalue weighted by Crippen LogP contribution is 2.21. The second-order valence-electron chi connectivity index (χ2n) is 8.37. The maximum absolute atomic E-state index is 10.8. The lowest BCUT2D eigenvalue weighted by atomic mass is 10.0. The molecule has 0 amide bonds. The summed E-state index contributed by atoms with van der Waals surface area (Å²) in [4.78, 5) is 8.00. The predicted molar refractivity (Wildman–Crippen MR) is 132 cm³/mol. The number of benzene rings is 3. The Morgan fingerprint density at radius 3 is 2.58 bits per heavy atom. The van der Waals surface area contributed by atoms with E-state index >= 15 is 0 Å². The quantitative estimate of drug-likeness (QED) is 0.461. The number of nitrogens with zero attached hydrogens (tertiary/aromatic N) is 2. The van der Waals surface area contributed by atoms with Crippen LogP contribution in [-0.4, -0.2) is 48.1 Å². The molecule has 5 nitrogen and oxygen atoms in total. The topological polar surface area (TPSA) is 54.3 Å². The second-order valence-corrected chi connectivity index (χ2v) is 8.80. The number of oxime groups is 1. The first-order chi connectivity index (χ1) is 16.1. The summed E-state index contributed by atoms with van der Waals surface area (Å²) in [5.74, 6) is 0.822. The van der Waals surface area contributed by atoms with Crippen LogP contribution < -0.4 is 4.74 Å². The van der Waals surface area contributed by atoms with Gasteiger partial charge in [0.15, 0.2) is 0 Å². The molecule has 0 aromatic heterocycles. The third-order valence-electron chi connectivity index (χ3n) is 5.70. The smallest absolute Gasteiger partial charge is 0.145 e. The van der Waals surface area contributed by atoms with Crippen LogP contribution in [0.15, 0.2) is 84.0 Å². The lowest BCUT2D eigenvalue weighted by Crippen LogP contribution is -2.38. The molecule has 1 aliphatic rings. The predicted octanol–water partition coefficient (Wildman–Crippen LogP) is 4.95. The van der Waals surface area contributed by atoms with Crippen LogP contribution in [0.4, 0.5) is 0 Å². The molecule has 0 bridgehead atoms. The molecule has 1 heterocycles. The van der Waals surface area contributed by atoms with Crippen LogP contribution in [0, 0.1) is 0 Å². The minimum absolute atomic E-state index is 0.0785. The number of ether oxygens (including phenoxy) is 1. The number of aliphatic hydroxyl groups is 1. The third kappa shape index (κ3) is 6.81. The molecule has 0 unspecified atom stereocenters. The van der Waals surface area contributed by atoms with E-state index in [1.54, 1.807) is 7.11 Å². The van der Waals surface area contributed by atoms with Crippen molar-refractivity contribution in [1.29, 1.82) is 0 Å². The molecule has 1 aliphatic heterocycles. The van der Waals surface area contributed by atoms with Gasteiger partial charge in [0.05, 0.1) is 18.9 Å². The van der Waals surface area contributed by atoms with Crippen molar-refractivity contribution < 1.29 is 14.7 Å². The summed E-state index contributed by atoms with van der Waals surface area (Å²) in [5.41, 5.74) is 4.18. The second kappa shape index (κ2) is 11.3. The molecule has 4 rings (SSSR count). The Kier molecular flexibility index (Phi) is 8.00. The van der Waals surface area contributed by atoms with E-state index in [4.69, 9.17) is 21.2 Å². The molecule has 6 heteroatoms. The van der Waals surface area contributed by atoms with E-state index in [1.165, 1.54) is 0 Å². The Bertz CT molecular complexity index is 1060. The van der Waals surface area contributed by atoms with Crippen LogP contribution in [0.25, 0.3) is 0 Å². The monoisotopic (exact) mass is 464 g/mol. The van der Waals surface area contributed by atoms with Crippen LogP contribution in [0.3, 0.4) is 0 Å². The Labute approximate surface area is 200 Å². The standard InChI is InChI=1S/C27H29ClN2O3/c1-32-25-9-5-8-21(15-25)17-30(18-24(31)14-20-6-3-2-4-7-20)19-26-16-27(29-33-26)22-10-12-23(28)13-11-22/h2-13,15,24,26,31H,14,16-19H2,1H3/t24-,26+/m1/s1. The maximum atomic E-state index is 10.8. The van der Waals surface area contributed by atoms with Gasteiger partial charge in [-0.15, -0.1) is 0 Å². The molecule has 3 aromatic carbocycles. The van der Waals surface area contributed by atoms with Crippen molar-refractivity contribution in [3.63, 3.8) is 0 Å². The number of rotatable bonds is 10. The van der Waals surface area contributed by atoms with Crippen LogP contribution in [0.1, 0.15) is 23.1 Å². The first-order valence-corrected chi connectivity index (χ1v) is 11.5. The summed E-state index contributed by atoms with van der Waals surface area (Å²) < 4.78 is 5.38. The summed E-state index contributed by atoms with van der Waals surface area (Å²) in [5, 5.41) is 15.8. The lowest BCUT2D eigenvalue weighted by Gasteiger charge is -2.27. The van der Waals surface area contributed by atoms with E-state index in [0.717, 1.165) is 28.2 Å². The van der Waals surface area contributed by atoms with Crippen molar-refractivity contribution in [3.8, 4) is 5.75 Å². The average molecular weight is 465 g/mol. The third-order valence-corrected chi connectivity index (χ3v) is 5.95. The van der Waals surface area contributed by atoms with Gasteiger partial charge in [0.25, 0.3) is 0 Å². The molecule has 0 spiro atoms. The molecule has 0 radical (unpaired) electrons. The van der Waals surface area contributed by atoms with Crippen molar-refractivity contribution >= 4 is 17.3 Å². The van der Waals surface area contributed by atoms with E-state index in [9.17, 15) is 5.11 Å². The lowest BCUT2D eigenvalue weighted by molar-refractivity contribution is 0.0322. The van der Waals surface area contributed by atoms with E-state index in [2.05, 4.69) is 16.1 Å². The molecule has 172 valence electrons. The fourth-order valence-corrected chi connectivity index (χ4v) is 4.23. The normalized spacial score (nSPS) is 16.4. The molecule has 0 saturated carbocycles. The van der Waals surface area contributed by atoms with Gasteiger partial charge < -0.3 is 14.7 Å². The minimum Gasteiger partial charge on any atom is -0.497 e. The highest BCUT2D eigenvalue weighted by atomic mass is 35.5. The van der Waals surface area contributed by atoms with E-state index in [1.807, 2.05) is 72.8 Å². The summed E-state index contributed by atoms with van der Waals surface area (Å²) in [6.45, 7) is 1.87. The highest BCUT2D eigenvalue weighted by Gasteiger charge is 2.26. The average Bonchev–Trinajstić information content (AvgIpc) is 3.28. The van der Waals surface area contributed by atoms with E-state index in [0.29, 0.717) is 37.5 Å². The van der Waals surface area contributed by atoms with Gasteiger partial charge in [-0.2, -0.15) is 0 Å². The first-order valence-electron chi connectivity index (χ1n) is 11.1. The van der Waals surface area contributed by atoms with Crippen LogP contribution in [0.2, 0.25) is 5.02 Å². The van der Waals surface area contributed by atoms with Crippen LogP contribution in [-0.2, 0) is 17.8 Å². The van der Waals surface area contributed by atoms with Crippen molar-refractivity contribution in [1.82, 2.24) is 4.90 Å². The largest absolute Gasteiger partial charge is 0.497 e. The number of methoxy groups -OCH3 is 1. The summed E-state index contributed by atoms with van der Waals surface area (Å²) >= 11 is 6.01. The summed E-state index contributed by atoms with van der Waals surface area (Å²) in [7, 11) is 1.67. The van der Waals surface area contributed by atoms with Gasteiger partial charge in [0.2, 0.25) is 0 Å². The minimum atomic E-state index is -0.490. The molecule has 2 atom stereocenters. The van der Waals surface area contributed by atoms with Crippen LogP contribution >= 0.6 is 11.6 Å². The summed E-state index contributed by atoms with van der Waals surface area (Å²) in [6.07, 6.45) is 0.750. The molecule has 0 aliphatic carbocycles. The molecule has 1 N–H and O–H groups in total. The fourth-order valence-electron chi connectivity index (χ4n) is 4.11. The Balaban J connectivity index is 1.42. The molecule has 0 saturated heterocycles. The van der Waals surface area contributed by atoms with Crippen molar-refractivity contribution in [2.45, 2.75) is 31.6 Å². The number of hydrogen-bond acceptors (Lipinski definition) is 5. The molecule has 0 fully saturated rings. The Morgan fingerprint density at radius 2 is 1.82 bits per heavy atom. The van der Waals surface area contributed by atoms with Crippen molar-refractivity contribution in [2.75, 3.05) is 20.2 Å². The zero-order valence-corrected chi connectivity index (χ0v) is 19.5. The molecule has 3 aromatic rings. The number of hydrogen-bond donors (Lipinski definition) is 1. The van der Waals surface area contributed by atoms with E-state index < -0.39 is 6.10 Å². The zero-order valence-electron chi connectivity index (χ0n) is 18.7. The summed E-state index contributed by atoms with van der Waals surface area (Å²) in [6, 6.07) is 25.7. The van der Waals surface area contributed by atoms with Gasteiger partial charge in [-0.05, 0) is 47.4 Å². The SMILES string of the molecule is COc1cccc(CN(C[C@H](O)Cc2ccccc2)C[C@@H]2CC(c3ccc(Cl)cc3)=NO2)c1. The van der Waals surface area contributed by atoms with Gasteiger partial charge in [-0.25, -0.2) is 0 Å². The molecular weight excluding hydrogens is 436 g/mol. The van der Waals surface area contributed by atoms with Gasteiger partial charge in [-0.1, -0.05) is 71.4 Å². The van der Waals surface area contributed by atoms with Crippen LogP contribution in [0.5, 0.6) is 5.75 Å². The molecular formula is C27H29ClN2O3. The van der Waals surface area contributed by atoms with Gasteiger partial charge >= 0.3 is 0 Å². The van der Waals surface area contributed by atoms with E-state index in [-0.39, 0.29) is 6.10 Å². The highest BCUT2D eigenvalue weighted by molar-refractivity contribution is 6.30. The maximum Gasteiger partial charge on any atom is 0.145 e. The van der Waals surface area contributed by atoms with Crippen molar-refractivity contribution in [3.05, 3.63) is 101 Å². The van der Waals surface area contributed by atoms with Gasteiger partial charge in [0, 0.05) is 31.1 Å². The van der Waals surface area contributed by atoms with Crippen molar-refractivity contribution in [2.24, 2.45) is 5.16 Å². The number of aliphatic hydroxyl groups excluding tert-OH is 1. The number of halogens is 1. The Hall–Kier alpha value is -2.86. The fraction of sp³-hybridized carbons (Fsp3) is 0.296. The first kappa shape index (κ1) is 23.3. The zero-order chi connectivity index (χ0) is 23.0. The van der Waals surface area contributed by atoms with Gasteiger partial charge in [-0.3, -0.25) is 4.90 Å². The molecule has 33 heavy (non-hydrogen) atoms. The Morgan fingerprint density at radius 1 is 1.06 bits per heavy atom.